The van der Waals surface area contributed by atoms with E-state index in [1.807, 2.05) is 19.1 Å². The van der Waals surface area contributed by atoms with Crippen molar-refractivity contribution in [2.75, 3.05) is 6.61 Å². The highest BCUT2D eigenvalue weighted by Gasteiger charge is 2.15. The molecule has 0 atom stereocenters. The van der Waals surface area contributed by atoms with E-state index < -0.39 is 24.3 Å². The van der Waals surface area contributed by atoms with Crippen LogP contribution in [-0.4, -0.2) is 27.9 Å². The average Bonchev–Trinajstić information content (AvgIpc) is 3.05. The zero-order chi connectivity index (χ0) is 17.8. The molecule has 0 aliphatic rings. The number of benzene rings is 1. The number of aryl methyl sites for hydroxylation is 1. The van der Waals surface area contributed by atoms with E-state index in [0.29, 0.717) is 11.2 Å². The predicted molar refractivity (Wildman–Crippen MR) is 88.5 cm³/mol. The number of rotatable bonds is 5. The Kier molecular flexibility index (Phi) is 4.74. The third-order valence-electron chi connectivity index (χ3n) is 3.67. The molecular weight excluding hydrogens is 325 g/mol. The van der Waals surface area contributed by atoms with Gasteiger partial charge in [0.15, 0.2) is 12.3 Å². The van der Waals surface area contributed by atoms with Crippen LogP contribution < -0.4 is 5.32 Å². The number of ether oxygens (including phenoxy) is 1. The molecule has 0 aliphatic carbocycles. The third kappa shape index (κ3) is 3.82. The van der Waals surface area contributed by atoms with Gasteiger partial charge in [-0.15, -0.1) is 0 Å². The lowest BCUT2D eigenvalue weighted by atomic mass is 10.2. The van der Waals surface area contributed by atoms with Crippen molar-refractivity contribution in [2.24, 2.45) is 0 Å². The Balaban J connectivity index is 1.55. The smallest absolute Gasteiger partial charge is 0.359 e. The molecule has 25 heavy (non-hydrogen) atoms. The molecule has 1 aromatic carbocycles. The summed E-state index contributed by atoms with van der Waals surface area (Å²) >= 11 is 0. The first-order valence-corrected chi connectivity index (χ1v) is 7.66. The van der Waals surface area contributed by atoms with Crippen molar-refractivity contribution in [3.63, 3.8) is 0 Å². The molecule has 0 unspecified atom stereocenters. The highest BCUT2D eigenvalue weighted by Crippen LogP contribution is 2.09. The van der Waals surface area contributed by atoms with E-state index >= 15 is 0 Å². The van der Waals surface area contributed by atoms with Gasteiger partial charge in [-0.2, -0.15) is 0 Å². The van der Waals surface area contributed by atoms with Gasteiger partial charge in [0.1, 0.15) is 11.5 Å². The van der Waals surface area contributed by atoms with E-state index in [1.165, 1.54) is 6.07 Å². The van der Waals surface area contributed by atoms with E-state index in [9.17, 15) is 14.0 Å². The fourth-order valence-corrected chi connectivity index (χ4v) is 2.34. The van der Waals surface area contributed by atoms with Crippen LogP contribution in [0.1, 0.15) is 21.7 Å². The quantitative estimate of drug-likeness (QED) is 0.723. The number of halogens is 1. The zero-order valence-corrected chi connectivity index (χ0v) is 13.5. The molecule has 0 radical (unpaired) electrons. The number of carbonyl (C=O) groups excluding carboxylic acids is 2. The first-order valence-electron chi connectivity index (χ1n) is 7.66. The van der Waals surface area contributed by atoms with E-state index in [2.05, 4.69) is 10.3 Å². The molecule has 0 fully saturated rings. The summed E-state index contributed by atoms with van der Waals surface area (Å²) in [5, 5.41) is 2.50. The largest absolute Gasteiger partial charge is 0.451 e. The molecule has 6 nitrogen and oxygen atoms in total. The number of imidazole rings is 1. The summed E-state index contributed by atoms with van der Waals surface area (Å²) in [4.78, 5) is 27.9. The van der Waals surface area contributed by atoms with Crippen molar-refractivity contribution < 1.29 is 18.7 Å². The SMILES string of the molecule is Cc1cccc2nc(C(=O)OCC(=O)NCc3ccccc3F)cn12. The second kappa shape index (κ2) is 7.12. The van der Waals surface area contributed by atoms with Gasteiger partial charge in [0.25, 0.3) is 5.91 Å². The summed E-state index contributed by atoms with van der Waals surface area (Å²) in [6.45, 7) is 1.46. The van der Waals surface area contributed by atoms with Crippen LogP contribution in [0.5, 0.6) is 0 Å². The van der Waals surface area contributed by atoms with Crippen molar-refractivity contribution in [1.82, 2.24) is 14.7 Å². The summed E-state index contributed by atoms with van der Waals surface area (Å²) < 4.78 is 20.2. The monoisotopic (exact) mass is 341 g/mol. The summed E-state index contributed by atoms with van der Waals surface area (Å²) in [5.41, 5.74) is 2.02. The Morgan fingerprint density at radius 1 is 1.20 bits per heavy atom. The van der Waals surface area contributed by atoms with Gasteiger partial charge in [-0.1, -0.05) is 24.3 Å². The van der Waals surface area contributed by atoms with Crippen molar-refractivity contribution in [3.8, 4) is 0 Å². The van der Waals surface area contributed by atoms with Crippen LogP contribution >= 0.6 is 0 Å². The number of fused-ring (bicyclic) bond motifs is 1. The molecule has 0 bridgehead atoms. The fourth-order valence-electron chi connectivity index (χ4n) is 2.34. The normalized spacial score (nSPS) is 10.6. The first kappa shape index (κ1) is 16.6. The van der Waals surface area contributed by atoms with Crippen LogP contribution in [0.25, 0.3) is 5.65 Å². The maximum Gasteiger partial charge on any atom is 0.359 e. The second-order valence-corrected chi connectivity index (χ2v) is 5.47. The van der Waals surface area contributed by atoms with Gasteiger partial charge in [-0.25, -0.2) is 14.2 Å². The van der Waals surface area contributed by atoms with Gasteiger partial charge in [-0.05, 0) is 25.1 Å². The lowest BCUT2D eigenvalue weighted by Crippen LogP contribution is -2.28. The average molecular weight is 341 g/mol. The molecule has 0 aliphatic heterocycles. The van der Waals surface area contributed by atoms with Gasteiger partial charge >= 0.3 is 5.97 Å². The fraction of sp³-hybridized carbons (Fsp3) is 0.167. The van der Waals surface area contributed by atoms with Crippen LogP contribution in [0.15, 0.2) is 48.7 Å². The number of esters is 1. The van der Waals surface area contributed by atoms with Gasteiger partial charge in [0.2, 0.25) is 0 Å². The van der Waals surface area contributed by atoms with Crippen LogP contribution in [0.3, 0.4) is 0 Å². The first-order chi connectivity index (χ1) is 12.0. The van der Waals surface area contributed by atoms with Crippen molar-refractivity contribution >= 4 is 17.5 Å². The third-order valence-corrected chi connectivity index (χ3v) is 3.67. The van der Waals surface area contributed by atoms with Gasteiger partial charge < -0.3 is 14.5 Å². The summed E-state index contributed by atoms with van der Waals surface area (Å²) in [6.07, 6.45) is 1.56. The van der Waals surface area contributed by atoms with E-state index in [4.69, 9.17) is 4.74 Å². The Morgan fingerprint density at radius 2 is 2.00 bits per heavy atom. The van der Waals surface area contributed by atoms with Crippen LogP contribution in [0.4, 0.5) is 4.39 Å². The van der Waals surface area contributed by atoms with E-state index in [0.717, 1.165) is 5.69 Å². The number of hydrogen-bond donors (Lipinski definition) is 1. The van der Waals surface area contributed by atoms with Gasteiger partial charge in [0, 0.05) is 24.0 Å². The molecule has 0 spiro atoms. The van der Waals surface area contributed by atoms with Crippen molar-refractivity contribution in [1.29, 1.82) is 0 Å². The van der Waals surface area contributed by atoms with Crippen LogP contribution in [0.2, 0.25) is 0 Å². The minimum atomic E-state index is -0.691. The Bertz CT molecular complexity index is 936. The molecule has 1 N–H and O–H groups in total. The molecule has 128 valence electrons. The Morgan fingerprint density at radius 3 is 2.76 bits per heavy atom. The maximum absolute atomic E-state index is 13.5. The van der Waals surface area contributed by atoms with Crippen LogP contribution in [0, 0.1) is 12.7 Å². The highest BCUT2D eigenvalue weighted by atomic mass is 19.1. The topological polar surface area (TPSA) is 72.7 Å². The molecule has 0 saturated heterocycles. The number of nitrogens with zero attached hydrogens (tertiary/aromatic N) is 2. The number of nitrogens with one attached hydrogen (secondary N) is 1. The predicted octanol–water partition coefficient (Wildman–Crippen LogP) is 2.26. The number of amides is 1. The molecule has 3 rings (SSSR count). The van der Waals surface area contributed by atoms with E-state index in [1.54, 1.807) is 34.9 Å². The number of pyridine rings is 1. The molecule has 0 saturated carbocycles. The molecule has 3 aromatic rings. The molecule has 2 aromatic heterocycles. The van der Waals surface area contributed by atoms with Crippen molar-refractivity contribution in [2.45, 2.75) is 13.5 Å². The van der Waals surface area contributed by atoms with Gasteiger partial charge in [-0.3, -0.25) is 4.79 Å². The minimum absolute atomic E-state index is 0.0244. The number of carbonyl (C=O) groups is 2. The minimum Gasteiger partial charge on any atom is -0.451 e. The lowest BCUT2D eigenvalue weighted by Gasteiger charge is -2.06. The summed E-state index contributed by atoms with van der Waals surface area (Å²) in [5.74, 6) is -1.61. The summed E-state index contributed by atoms with van der Waals surface area (Å²) in [6, 6.07) is 11.6. The highest BCUT2D eigenvalue weighted by molar-refractivity contribution is 5.90. The standard InChI is InChI=1S/C18H16FN3O3/c1-12-5-4-8-16-21-15(10-22(12)16)18(24)25-11-17(23)20-9-13-6-2-3-7-14(13)19/h2-8,10H,9,11H2,1H3,(H,20,23). The van der Waals surface area contributed by atoms with Gasteiger partial charge in [0.05, 0.1) is 0 Å². The summed E-state index contributed by atoms with van der Waals surface area (Å²) in [7, 11) is 0. The lowest BCUT2D eigenvalue weighted by molar-refractivity contribution is -0.124. The molecular formula is C18H16FN3O3. The zero-order valence-electron chi connectivity index (χ0n) is 13.5. The molecule has 1 amide bonds. The molecule has 7 heteroatoms. The van der Waals surface area contributed by atoms with E-state index in [-0.39, 0.29) is 12.2 Å². The Labute approximate surface area is 143 Å². The number of hydrogen-bond acceptors (Lipinski definition) is 4. The maximum atomic E-state index is 13.5. The molecule has 2 heterocycles. The van der Waals surface area contributed by atoms with Crippen molar-refractivity contribution in [3.05, 3.63) is 71.4 Å². The Hall–Kier alpha value is -3.22. The second-order valence-electron chi connectivity index (χ2n) is 5.47. The van der Waals surface area contributed by atoms with Crippen LogP contribution in [-0.2, 0) is 16.1 Å². The number of aromatic nitrogens is 2.